The van der Waals surface area contributed by atoms with Crippen LogP contribution in [-0.4, -0.2) is 6.61 Å². The molecule has 0 N–H and O–H groups in total. The first-order valence-electron chi connectivity index (χ1n) is 11.9. The lowest BCUT2D eigenvalue weighted by atomic mass is 10.1. The molecule has 0 fully saturated rings. The Morgan fingerprint density at radius 2 is 0.969 bits per heavy atom. The normalized spacial score (nSPS) is 11.3. The minimum absolute atomic E-state index is 0.608. The fourth-order valence-electron chi connectivity index (χ4n) is 3.52. The Morgan fingerprint density at radius 1 is 0.531 bits per heavy atom. The summed E-state index contributed by atoms with van der Waals surface area (Å²) in [5.74, 6) is 1.49. The Balaban J connectivity index is 1.71. The summed E-state index contributed by atoms with van der Waals surface area (Å²) in [5, 5.41) is 0.937. The maximum Gasteiger partial charge on any atom is 0.535 e. The molecule has 0 aliphatic heterocycles. The van der Waals surface area contributed by atoms with Crippen LogP contribution in [-0.2, 0) is 4.52 Å². The number of unbranched alkanes of at least 4 members (excludes halogenated alkanes) is 7. The van der Waals surface area contributed by atoms with E-state index in [0.717, 1.165) is 29.6 Å². The van der Waals surface area contributed by atoms with E-state index < -0.39 is 7.94 Å². The first-order chi connectivity index (χ1) is 15.8. The Bertz CT molecular complexity index is 814. The molecular weight excluding hydrogens is 415 g/mol. The Hall–Kier alpha value is -2.35. The summed E-state index contributed by atoms with van der Waals surface area (Å²) in [7, 11) is -2.86. The van der Waals surface area contributed by atoms with Crippen molar-refractivity contribution in [2.45, 2.75) is 58.3 Å². The second kappa shape index (κ2) is 13.9. The SMILES string of the molecule is CCCCCCCCCCO[P+](Oc1ccccc1)(Oc1ccccc1)c1ccccc1. The van der Waals surface area contributed by atoms with Gasteiger partial charge in [0.25, 0.3) is 0 Å². The minimum Gasteiger partial charge on any atom is -0.274 e. The molecular formula is C28H36O3P+. The van der Waals surface area contributed by atoms with Crippen molar-refractivity contribution in [1.82, 2.24) is 0 Å². The van der Waals surface area contributed by atoms with Crippen LogP contribution in [0.1, 0.15) is 58.3 Å². The molecule has 0 spiro atoms. The molecule has 0 aliphatic carbocycles. The van der Waals surface area contributed by atoms with Crippen LogP contribution >= 0.6 is 7.94 Å². The Morgan fingerprint density at radius 3 is 1.47 bits per heavy atom. The maximum atomic E-state index is 6.54. The van der Waals surface area contributed by atoms with Crippen LogP contribution in [0, 0.1) is 0 Å². The van der Waals surface area contributed by atoms with Gasteiger partial charge in [0.05, 0.1) is 6.61 Å². The number of para-hydroxylation sites is 2. The van der Waals surface area contributed by atoms with Crippen molar-refractivity contribution in [2.24, 2.45) is 0 Å². The highest BCUT2D eigenvalue weighted by Crippen LogP contribution is 2.60. The molecule has 170 valence electrons. The second-order valence-corrected chi connectivity index (χ2v) is 10.1. The van der Waals surface area contributed by atoms with Gasteiger partial charge < -0.3 is 0 Å². The molecule has 0 bridgehead atoms. The summed E-state index contributed by atoms with van der Waals surface area (Å²) in [6.07, 6.45) is 10.1. The third-order valence-electron chi connectivity index (χ3n) is 5.27. The van der Waals surface area contributed by atoms with E-state index in [4.69, 9.17) is 13.6 Å². The number of benzene rings is 3. The van der Waals surface area contributed by atoms with Crippen LogP contribution < -0.4 is 14.4 Å². The van der Waals surface area contributed by atoms with E-state index in [-0.39, 0.29) is 0 Å². The van der Waals surface area contributed by atoms with E-state index in [1.54, 1.807) is 0 Å². The van der Waals surface area contributed by atoms with Gasteiger partial charge in [-0.15, -0.1) is 0 Å². The molecule has 0 heterocycles. The third kappa shape index (κ3) is 7.97. The molecule has 0 unspecified atom stereocenters. The van der Waals surface area contributed by atoms with Gasteiger partial charge >= 0.3 is 7.94 Å². The van der Waals surface area contributed by atoms with Crippen LogP contribution in [0.3, 0.4) is 0 Å². The molecule has 0 radical (unpaired) electrons. The van der Waals surface area contributed by atoms with Gasteiger partial charge in [-0.25, -0.2) is 0 Å². The summed E-state index contributed by atoms with van der Waals surface area (Å²) >= 11 is 0. The van der Waals surface area contributed by atoms with Gasteiger partial charge in [-0.2, -0.15) is 4.52 Å². The van der Waals surface area contributed by atoms with Crippen molar-refractivity contribution in [1.29, 1.82) is 0 Å². The zero-order chi connectivity index (χ0) is 22.3. The predicted molar refractivity (Wildman–Crippen MR) is 136 cm³/mol. The zero-order valence-corrected chi connectivity index (χ0v) is 20.1. The number of rotatable bonds is 15. The van der Waals surface area contributed by atoms with Crippen LogP contribution in [0.15, 0.2) is 91.0 Å². The highest BCUT2D eigenvalue weighted by atomic mass is 31.2. The fraction of sp³-hybridized carbons (Fsp3) is 0.357. The van der Waals surface area contributed by atoms with Gasteiger partial charge in [-0.05, 0) is 42.8 Å². The van der Waals surface area contributed by atoms with Crippen LogP contribution in [0.2, 0.25) is 0 Å². The first kappa shape index (κ1) is 24.3. The van der Waals surface area contributed by atoms with Gasteiger partial charge in [-0.1, -0.05) is 106 Å². The molecule has 3 aromatic carbocycles. The van der Waals surface area contributed by atoms with Crippen molar-refractivity contribution < 1.29 is 13.6 Å². The van der Waals surface area contributed by atoms with Gasteiger partial charge in [0.2, 0.25) is 5.30 Å². The molecule has 0 saturated carbocycles. The van der Waals surface area contributed by atoms with Gasteiger partial charge in [0, 0.05) is 0 Å². The molecule has 32 heavy (non-hydrogen) atoms. The van der Waals surface area contributed by atoms with Crippen molar-refractivity contribution in [3.8, 4) is 11.5 Å². The Labute approximate surface area is 194 Å². The molecule has 0 amide bonds. The van der Waals surface area contributed by atoms with Crippen molar-refractivity contribution in [3.63, 3.8) is 0 Å². The third-order valence-corrected chi connectivity index (χ3v) is 7.62. The molecule has 4 heteroatoms. The molecule has 0 aliphatic rings. The summed E-state index contributed by atoms with van der Waals surface area (Å²) in [6.45, 7) is 2.87. The monoisotopic (exact) mass is 451 g/mol. The lowest BCUT2D eigenvalue weighted by Crippen LogP contribution is -2.24. The van der Waals surface area contributed by atoms with Gasteiger partial charge in [0.15, 0.2) is 11.5 Å². The largest absolute Gasteiger partial charge is 0.535 e. The summed E-state index contributed by atoms with van der Waals surface area (Å²) < 4.78 is 19.6. The highest BCUT2D eigenvalue weighted by molar-refractivity contribution is 7.70. The van der Waals surface area contributed by atoms with Crippen molar-refractivity contribution in [2.75, 3.05) is 6.61 Å². The minimum atomic E-state index is -2.86. The van der Waals surface area contributed by atoms with Crippen LogP contribution in [0.25, 0.3) is 0 Å². The zero-order valence-electron chi connectivity index (χ0n) is 19.2. The lowest BCUT2D eigenvalue weighted by molar-refractivity contribution is 0.245. The molecule has 3 aromatic rings. The fourth-order valence-corrected chi connectivity index (χ4v) is 5.73. The van der Waals surface area contributed by atoms with Crippen molar-refractivity contribution >= 4 is 13.2 Å². The topological polar surface area (TPSA) is 27.7 Å². The van der Waals surface area contributed by atoms with Crippen LogP contribution in [0.5, 0.6) is 11.5 Å². The maximum absolute atomic E-state index is 6.54. The smallest absolute Gasteiger partial charge is 0.274 e. The quantitative estimate of drug-likeness (QED) is 0.171. The van der Waals surface area contributed by atoms with E-state index in [1.165, 1.54) is 38.5 Å². The predicted octanol–water partition coefficient (Wildman–Crippen LogP) is 8.39. The van der Waals surface area contributed by atoms with Crippen molar-refractivity contribution in [3.05, 3.63) is 91.0 Å². The average molecular weight is 452 g/mol. The first-order valence-corrected chi connectivity index (χ1v) is 13.5. The standard InChI is InChI=1S/C28H36O3P/c1-2-3-4-5-6-7-8-18-25-29-32(28-23-16-11-17-24-28,30-26-19-12-9-13-20-26)31-27-21-14-10-15-22-27/h9-17,19-24H,2-8,18,25H2,1H3/q+1. The lowest BCUT2D eigenvalue weighted by Gasteiger charge is -2.22. The van der Waals surface area contributed by atoms with E-state index in [0.29, 0.717) is 6.61 Å². The molecule has 0 aromatic heterocycles. The van der Waals surface area contributed by atoms with E-state index in [1.807, 2.05) is 91.0 Å². The molecule has 0 atom stereocenters. The second-order valence-electron chi connectivity index (χ2n) is 7.95. The number of hydrogen-bond acceptors (Lipinski definition) is 3. The summed E-state index contributed by atoms with van der Waals surface area (Å²) in [4.78, 5) is 0. The molecule has 3 nitrogen and oxygen atoms in total. The van der Waals surface area contributed by atoms with Crippen LogP contribution in [0.4, 0.5) is 0 Å². The number of hydrogen-bond donors (Lipinski definition) is 0. The van der Waals surface area contributed by atoms with E-state index in [2.05, 4.69) is 6.92 Å². The van der Waals surface area contributed by atoms with E-state index in [9.17, 15) is 0 Å². The average Bonchev–Trinajstić information content (AvgIpc) is 2.85. The van der Waals surface area contributed by atoms with E-state index >= 15 is 0 Å². The molecule has 3 rings (SSSR count). The van der Waals surface area contributed by atoms with Gasteiger partial charge in [-0.3, -0.25) is 9.05 Å². The summed E-state index contributed by atoms with van der Waals surface area (Å²) in [5.41, 5.74) is 0. The highest BCUT2D eigenvalue weighted by Gasteiger charge is 2.51. The summed E-state index contributed by atoms with van der Waals surface area (Å²) in [6, 6.07) is 29.7. The molecule has 0 saturated heterocycles. The van der Waals surface area contributed by atoms with Gasteiger partial charge in [0.1, 0.15) is 0 Å². The Kier molecular flexibility index (Phi) is 10.6.